The van der Waals surface area contributed by atoms with Crippen LogP contribution >= 0.6 is 15.9 Å². The topological polar surface area (TPSA) is 22.4 Å². The first-order valence-corrected chi connectivity index (χ1v) is 2.74. The Balaban J connectivity index is 2.58. The summed E-state index contributed by atoms with van der Waals surface area (Å²) in [7, 11) is -1.34. The molecule has 1 aromatic rings. The number of ether oxygens (including phenoxy) is 1. The van der Waals surface area contributed by atoms with E-state index in [9.17, 15) is 0 Å². The Kier molecular flexibility index (Phi) is 0.987. The van der Waals surface area contributed by atoms with Gasteiger partial charge in [0, 0.05) is 6.07 Å². The predicted octanol–water partition coefficient (Wildman–Crippen LogP) is 2.05. The maximum Gasteiger partial charge on any atom is 0.285 e. The molecule has 0 amide bonds. The fraction of sp³-hybridized carbons (Fsp3) is 0.200. The largest absolute Gasteiger partial charge is 0.468 e. The van der Waals surface area contributed by atoms with Crippen LogP contribution in [-0.2, 0) is 0 Å². The van der Waals surface area contributed by atoms with Gasteiger partial charge in [0.05, 0.1) is 9.80 Å². The third-order valence-electron chi connectivity index (χ3n) is 0.665. The van der Waals surface area contributed by atoms with Crippen molar-refractivity contribution in [3.8, 4) is 5.95 Å². The van der Waals surface area contributed by atoms with Crippen LogP contribution in [0, 0.1) is 0 Å². The van der Waals surface area contributed by atoms with Crippen LogP contribution in [0.3, 0.4) is 0 Å². The van der Waals surface area contributed by atoms with E-state index in [0.717, 1.165) is 0 Å². The first kappa shape index (κ1) is 3.56. The van der Waals surface area contributed by atoms with Crippen molar-refractivity contribution in [2.45, 2.75) is 0 Å². The molecule has 1 aromatic heterocycles. The van der Waals surface area contributed by atoms with E-state index >= 15 is 0 Å². The summed E-state index contributed by atoms with van der Waals surface area (Å²) in [6, 6.07) is 3.18. The third kappa shape index (κ3) is 1.04. The fourth-order valence-corrected chi connectivity index (χ4v) is 0.653. The number of hydrogen-bond donors (Lipinski definition) is 0. The lowest BCUT2D eigenvalue weighted by atomic mass is 10.7. The quantitative estimate of drug-likeness (QED) is 0.658. The van der Waals surface area contributed by atoms with Crippen molar-refractivity contribution in [3.05, 3.63) is 16.8 Å². The Morgan fingerprint density at radius 3 is 3.25 bits per heavy atom. The third-order valence-corrected chi connectivity index (χ3v) is 1.09. The van der Waals surface area contributed by atoms with E-state index in [0.29, 0.717) is 4.67 Å². The van der Waals surface area contributed by atoms with Gasteiger partial charge in [0.1, 0.15) is 0 Å². The van der Waals surface area contributed by atoms with Crippen LogP contribution in [0.1, 0.15) is 2.74 Å². The molecule has 0 fully saturated rings. The molecule has 0 N–H and O–H groups in total. The summed E-state index contributed by atoms with van der Waals surface area (Å²) in [6.45, 7) is 0. The van der Waals surface area contributed by atoms with Gasteiger partial charge in [0.2, 0.25) is 0 Å². The van der Waals surface area contributed by atoms with Crippen molar-refractivity contribution in [2.75, 3.05) is 7.06 Å². The molecule has 44 valence electrons. The molecule has 1 rings (SSSR count). The van der Waals surface area contributed by atoms with E-state index in [2.05, 4.69) is 20.7 Å². The van der Waals surface area contributed by atoms with Crippen molar-refractivity contribution in [3.63, 3.8) is 0 Å². The van der Waals surface area contributed by atoms with Crippen LogP contribution in [-0.4, -0.2) is 7.06 Å². The molecule has 8 heavy (non-hydrogen) atoms. The molecule has 0 bridgehead atoms. The maximum atomic E-state index is 6.69. The SMILES string of the molecule is [2H]C([2H])Oc1ccc(Br)o1. The maximum absolute atomic E-state index is 6.69. The van der Waals surface area contributed by atoms with Crippen LogP contribution in [0.25, 0.3) is 0 Å². The molecule has 3 heteroatoms. The zero-order valence-electron chi connectivity index (χ0n) is 5.93. The van der Waals surface area contributed by atoms with E-state index in [4.69, 9.17) is 7.16 Å². The van der Waals surface area contributed by atoms with E-state index in [1.54, 1.807) is 12.1 Å². The van der Waals surface area contributed by atoms with E-state index in [-0.39, 0.29) is 5.95 Å². The van der Waals surface area contributed by atoms with E-state index < -0.39 is 7.06 Å². The molecule has 0 aliphatic carbocycles. The minimum atomic E-state index is -1.34. The summed E-state index contributed by atoms with van der Waals surface area (Å²) in [5.41, 5.74) is 0. The Labute approximate surface area is 58.4 Å². The molecular formula is C5H5BrO2. The Hall–Kier alpha value is -0.440. The van der Waals surface area contributed by atoms with Gasteiger partial charge in [-0.1, -0.05) is 0 Å². The van der Waals surface area contributed by atoms with Gasteiger partial charge in [-0.15, -0.1) is 0 Å². The van der Waals surface area contributed by atoms with Crippen molar-refractivity contribution < 1.29 is 11.9 Å². The molecular weight excluding hydrogens is 172 g/mol. The molecule has 1 heterocycles. The van der Waals surface area contributed by atoms with Crippen molar-refractivity contribution in [1.82, 2.24) is 0 Å². The Morgan fingerprint density at radius 2 is 2.75 bits per heavy atom. The lowest BCUT2D eigenvalue weighted by molar-refractivity contribution is 0.299. The second-order valence-corrected chi connectivity index (χ2v) is 1.96. The summed E-state index contributed by atoms with van der Waals surface area (Å²) < 4.78 is 23.3. The average Bonchev–Trinajstić information content (AvgIpc) is 2.13. The highest BCUT2D eigenvalue weighted by molar-refractivity contribution is 9.10. The number of halogens is 1. The lowest BCUT2D eigenvalue weighted by Gasteiger charge is -1.86. The first-order valence-electron chi connectivity index (χ1n) is 3.10. The van der Waals surface area contributed by atoms with Gasteiger partial charge in [-0.2, -0.15) is 0 Å². The second-order valence-electron chi connectivity index (χ2n) is 1.18. The highest BCUT2D eigenvalue weighted by atomic mass is 79.9. The van der Waals surface area contributed by atoms with Gasteiger partial charge < -0.3 is 9.15 Å². The van der Waals surface area contributed by atoms with Crippen molar-refractivity contribution in [2.24, 2.45) is 0 Å². The van der Waals surface area contributed by atoms with Gasteiger partial charge in [0.25, 0.3) is 5.95 Å². The van der Waals surface area contributed by atoms with E-state index in [1.807, 2.05) is 0 Å². The van der Waals surface area contributed by atoms with Gasteiger partial charge in [-0.3, -0.25) is 0 Å². The molecule has 0 aliphatic rings. The highest BCUT2D eigenvalue weighted by Gasteiger charge is 1.94. The molecule has 0 saturated heterocycles. The number of methoxy groups -OCH3 is 1. The molecule has 2 nitrogen and oxygen atoms in total. The van der Waals surface area contributed by atoms with Gasteiger partial charge in [0.15, 0.2) is 4.67 Å². The first-order chi connectivity index (χ1) is 4.68. The summed E-state index contributed by atoms with van der Waals surface area (Å²) in [5.74, 6) is 0.182. The Morgan fingerprint density at radius 1 is 1.88 bits per heavy atom. The van der Waals surface area contributed by atoms with Crippen LogP contribution < -0.4 is 4.74 Å². The van der Waals surface area contributed by atoms with Gasteiger partial charge >= 0.3 is 0 Å². The van der Waals surface area contributed by atoms with Crippen LogP contribution in [0.2, 0.25) is 0 Å². The molecule has 0 atom stereocenters. The summed E-state index contributed by atoms with van der Waals surface area (Å²) >= 11 is 3.05. The monoisotopic (exact) mass is 178 g/mol. The zero-order chi connectivity index (χ0) is 7.56. The minimum Gasteiger partial charge on any atom is -0.468 e. The Bertz CT molecular complexity index is 211. The molecule has 0 unspecified atom stereocenters. The van der Waals surface area contributed by atoms with Crippen LogP contribution in [0.4, 0.5) is 0 Å². The smallest absolute Gasteiger partial charge is 0.285 e. The summed E-state index contributed by atoms with van der Waals surface area (Å²) in [5, 5.41) is 0. The van der Waals surface area contributed by atoms with Crippen molar-refractivity contribution >= 4 is 15.9 Å². The van der Waals surface area contributed by atoms with Gasteiger partial charge in [-0.05, 0) is 22.0 Å². The predicted molar refractivity (Wildman–Crippen MR) is 33.0 cm³/mol. The average molecular weight is 179 g/mol. The fourth-order valence-electron chi connectivity index (χ4n) is 0.361. The molecule has 0 spiro atoms. The normalized spacial score (nSPS) is 13.2. The minimum absolute atomic E-state index is 0.182. The standard InChI is InChI=1S/C5H5BrO2/c1-7-5-3-2-4(6)8-5/h2-3H,1H3/i1D2. The second kappa shape index (κ2) is 2.22. The van der Waals surface area contributed by atoms with Crippen molar-refractivity contribution in [1.29, 1.82) is 0 Å². The molecule has 0 aromatic carbocycles. The van der Waals surface area contributed by atoms with E-state index in [1.165, 1.54) is 0 Å². The molecule has 0 aliphatic heterocycles. The molecule has 0 saturated carbocycles. The molecule has 0 radical (unpaired) electrons. The zero-order valence-corrected chi connectivity index (χ0v) is 5.51. The van der Waals surface area contributed by atoms with Gasteiger partial charge in [-0.25, -0.2) is 0 Å². The number of furan rings is 1. The lowest BCUT2D eigenvalue weighted by Crippen LogP contribution is -1.75. The number of hydrogen-bond acceptors (Lipinski definition) is 2. The summed E-state index contributed by atoms with van der Waals surface area (Å²) in [4.78, 5) is 0. The summed E-state index contributed by atoms with van der Waals surface area (Å²) in [6.07, 6.45) is 0. The van der Waals surface area contributed by atoms with Crippen LogP contribution in [0.5, 0.6) is 5.95 Å². The highest BCUT2D eigenvalue weighted by Crippen LogP contribution is 2.19. The number of rotatable bonds is 1. The van der Waals surface area contributed by atoms with Crippen LogP contribution in [0.15, 0.2) is 21.2 Å².